The van der Waals surface area contributed by atoms with Crippen molar-refractivity contribution in [1.29, 1.82) is 0 Å². The van der Waals surface area contributed by atoms with Crippen LogP contribution in [0.1, 0.15) is 53.4 Å². The Kier molecular flexibility index (Phi) is 2.26. The van der Waals surface area contributed by atoms with Crippen molar-refractivity contribution < 1.29 is 4.74 Å². The summed E-state index contributed by atoms with van der Waals surface area (Å²) in [4.78, 5) is 0. The molecule has 0 unspecified atom stereocenters. The van der Waals surface area contributed by atoms with Gasteiger partial charge in [0.25, 0.3) is 0 Å². The predicted molar refractivity (Wildman–Crippen MR) is 59.3 cm³/mol. The van der Waals surface area contributed by atoms with E-state index in [1.807, 2.05) is 0 Å². The van der Waals surface area contributed by atoms with Crippen molar-refractivity contribution >= 4 is 0 Å². The molecule has 2 rings (SSSR count). The summed E-state index contributed by atoms with van der Waals surface area (Å²) in [5, 5.41) is 0. The molecule has 0 radical (unpaired) electrons. The smallest absolute Gasteiger partial charge is 0.0944 e. The Hall–Kier alpha value is -0.300. The zero-order valence-corrected chi connectivity index (χ0v) is 9.89. The molecule has 0 aromatic rings. The second kappa shape index (κ2) is 3.10. The lowest BCUT2D eigenvalue weighted by Crippen LogP contribution is -2.47. The van der Waals surface area contributed by atoms with Crippen LogP contribution in [0, 0.1) is 5.41 Å². The van der Waals surface area contributed by atoms with Gasteiger partial charge in [-0.25, -0.2) is 0 Å². The van der Waals surface area contributed by atoms with Crippen LogP contribution in [0.4, 0.5) is 0 Å². The third kappa shape index (κ3) is 1.25. The Balaban J connectivity index is 2.37. The maximum atomic E-state index is 6.25. The molecule has 1 heterocycles. The Labute approximate surface area is 87.5 Å². The summed E-state index contributed by atoms with van der Waals surface area (Å²) in [6, 6.07) is 0. The average molecular weight is 194 g/mol. The first kappa shape index (κ1) is 10.2. The van der Waals surface area contributed by atoms with Crippen molar-refractivity contribution in [1.82, 2.24) is 0 Å². The molecule has 1 saturated heterocycles. The minimum Gasteiger partial charge on any atom is -0.367 e. The largest absolute Gasteiger partial charge is 0.367 e. The molecule has 1 aliphatic heterocycles. The molecule has 14 heavy (non-hydrogen) atoms. The van der Waals surface area contributed by atoms with Crippen LogP contribution in [0.2, 0.25) is 0 Å². The standard InChI is InChI=1S/C13H22O/c1-10-6-5-8-12(3,4)13(10)9-7-11(2)14-13/h6,11H,5,7-9H2,1-4H3/t11-,13+/m0/s1. The highest BCUT2D eigenvalue weighted by Crippen LogP contribution is 2.53. The third-order valence-corrected chi connectivity index (χ3v) is 4.26. The van der Waals surface area contributed by atoms with Crippen LogP contribution in [0.25, 0.3) is 0 Å². The summed E-state index contributed by atoms with van der Waals surface area (Å²) in [6.07, 6.45) is 7.73. The van der Waals surface area contributed by atoms with E-state index >= 15 is 0 Å². The molecule has 0 N–H and O–H groups in total. The van der Waals surface area contributed by atoms with Crippen molar-refractivity contribution in [3.05, 3.63) is 11.6 Å². The van der Waals surface area contributed by atoms with E-state index in [1.165, 1.54) is 31.3 Å². The summed E-state index contributed by atoms with van der Waals surface area (Å²) in [5.41, 5.74) is 1.85. The zero-order valence-electron chi connectivity index (χ0n) is 9.89. The lowest BCUT2D eigenvalue weighted by atomic mass is 9.64. The Morgan fingerprint density at radius 2 is 2.07 bits per heavy atom. The van der Waals surface area contributed by atoms with Gasteiger partial charge in [-0.05, 0) is 50.5 Å². The molecular formula is C13H22O. The molecule has 80 valence electrons. The zero-order chi connectivity index (χ0) is 10.4. The topological polar surface area (TPSA) is 9.23 Å². The highest BCUT2D eigenvalue weighted by molar-refractivity contribution is 5.25. The summed E-state index contributed by atoms with van der Waals surface area (Å²) in [5.74, 6) is 0. The second-order valence-corrected chi connectivity index (χ2v) is 5.60. The van der Waals surface area contributed by atoms with Crippen LogP contribution in [0.5, 0.6) is 0 Å². The van der Waals surface area contributed by atoms with Crippen molar-refractivity contribution in [3.63, 3.8) is 0 Å². The molecule has 0 amide bonds. The van der Waals surface area contributed by atoms with Crippen LogP contribution >= 0.6 is 0 Å². The van der Waals surface area contributed by atoms with Crippen LogP contribution in [0.3, 0.4) is 0 Å². The van der Waals surface area contributed by atoms with Gasteiger partial charge in [0.05, 0.1) is 11.7 Å². The van der Waals surface area contributed by atoms with E-state index in [9.17, 15) is 0 Å². The molecule has 1 spiro atoms. The van der Waals surface area contributed by atoms with Crippen LogP contribution in [0.15, 0.2) is 11.6 Å². The fourth-order valence-corrected chi connectivity index (χ4v) is 3.21. The minimum absolute atomic E-state index is 0.0602. The first-order valence-electron chi connectivity index (χ1n) is 5.83. The Bertz CT molecular complexity index is 264. The van der Waals surface area contributed by atoms with Gasteiger partial charge in [-0.2, -0.15) is 0 Å². The van der Waals surface area contributed by atoms with Gasteiger partial charge in [-0.1, -0.05) is 19.9 Å². The fourth-order valence-electron chi connectivity index (χ4n) is 3.21. The fraction of sp³-hybridized carbons (Fsp3) is 0.846. The van der Waals surface area contributed by atoms with E-state index in [0.717, 1.165) is 0 Å². The number of hydrogen-bond acceptors (Lipinski definition) is 1. The van der Waals surface area contributed by atoms with Crippen molar-refractivity contribution in [2.75, 3.05) is 0 Å². The molecule has 0 bridgehead atoms. The third-order valence-electron chi connectivity index (χ3n) is 4.26. The normalized spacial score (nSPS) is 41.4. The number of allylic oxidation sites excluding steroid dienone is 1. The second-order valence-electron chi connectivity index (χ2n) is 5.60. The van der Waals surface area contributed by atoms with Gasteiger partial charge in [0.15, 0.2) is 0 Å². The Morgan fingerprint density at radius 3 is 2.57 bits per heavy atom. The van der Waals surface area contributed by atoms with Gasteiger partial charge in [0.2, 0.25) is 0 Å². The molecule has 1 aliphatic carbocycles. The van der Waals surface area contributed by atoms with Crippen molar-refractivity contribution in [2.45, 2.75) is 65.1 Å². The summed E-state index contributed by atoms with van der Waals surface area (Å²) in [6.45, 7) is 9.18. The molecule has 0 aromatic carbocycles. The highest BCUT2D eigenvalue weighted by Gasteiger charge is 2.52. The maximum absolute atomic E-state index is 6.25. The summed E-state index contributed by atoms with van der Waals surface area (Å²) < 4.78 is 6.25. The Morgan fingerprint density at radius 1 is 1.36 bits per heavy atom. The van der Waals surface area contributed by atoms with Crippen LogP contribution in [-0.4, -0.2) is 11.7 Å². The van der Waals surface area contributed by atoms with Gasteiger partial charge in [-0.15, -0.1) is 0 Å². The predicted octanol–water partition coefficient (Wildman–Crippen LogP) is 3.69. The average Bonchev–Trinajstić information content (AvgIpc) is 2.46. The van der Waals surface area contributed by atoms with Crippen molar-refractivity contribution in [2.24, 2.45) is 5.41 Å². The molecule has 2 aliphatic rings. The molecule has 0 saturated carbocycles. The van der Waals surface area contributed by atoms with E-state index in [0.29, 0.717) is 11.5 Å². The van der Waals surface area contributed by atoms with E-state index < -0.39 is 0 Å². The van der Waals surface area contributed by atoms with Crippen LogP contribution < -0.4 is 0 Å². The summed E-state index contributed by atoms with van der Waals surface area (Å²) >= 11 is 0. The molecule has 2 atom stereocenters. The lowest BCUT2D eigenvalue weighted by molar-refractivity contribution is -0.0912. The molecular weight excluding hydrogens is 172 g/mol. The van der Waals surface area contributed by atoms with E-state index in [4.69, 9.17) is 4.74 Å². The number of hydrogen-bond donors (Lipinski definition) is 0. The molecule has 0 aromatic heterocycles. The lowest BCUT2D eigenvalue weighted by Gasteiger charge is -2.47. The number of rotatable bonds is 0. The van der Waals surface area contributed by atoms with Gasteiger partial charge >= 0.3 is 0 Å². The van der Waals surface area contributed by atoms with Crippen molar-refractivity contribution in [3.8, 4) is 0 Å². The van der Waals surface area contributed by atoms with Gasteiger partial charge in [0.1, 0.15) is 0 Å². The summed E-state index contributed by atoms with van der Waals surface area (Å²) in [7, 11) is 0. The first-order valence-corrected chi connectivity index (χ1v) is 5.83. The maximum Gasteiger partial charge on any atom is 0.0944 e. The molecule has 1 fully saturated rings. The van der Waals surface area contributed by atoms with Gasteiger partial charge in [0, 0.05) is 0 Å². The van der Waals surface area contributed by atoms with Gasteiger partial charge < -0.3 is 4.74 Å². The first-order chi connectivity index (χ1) is 6.48. The van der Waals surface area contributed by atoms with Crippen LogP contribution in [-0.2, 0) is 4.74 Å². The van der Waals surface area contributed by atoms with Gasteiger partial charge in [-0.3, -0.25) is 0 Å². The monoisotopic (exact) mass is 194 g/mol. The SMILES string of the molecule is CC1=CCCC(C)(C)[C@@]12CC[C@H](C)O2. The van der Waals surface area contributed by atoms with E-state index in [2.05, 4.69) is 33.8 Å². The number of ether oxygens (including phenoxy) is 1. The molecule has 1 nitrogen and oxygen atoms in total. The quantitative estimate of drug-likeness (QED) is 0.534. The minimum atomic E-state index is 0.0602. The highest BCUT2D eigenvalue weighted by atomic mass is 16.5. The van der Waals surface area contributed by atoms with E-state index in [-0.39, 0.29) is 5.60 Å². The molecule has 1 heteroatoms. The van der Waals surface area contributed by atoms with E-state index in [1.54, 1.807) is 0 Å².